The average molecular weight is 340 g/mol. The van der Waals surface area contributed by atoms with Gasteiger partial charge in [-0.1, -0.05) is 0 Å². The van der Waals surface area contributed by atoms with Gasteiger partial charge in [-0.2, -0.15) is 9.17 Å². The molecule has 0 aliphatic heterocycles. The lowest BCUT2D eigenvalue weighted by atomic mass is 10.4. The second-order valence-corrected chi connectivity index (χ2v) is 7.80. The van der Waals surface area contributed by atoms with Crippen molar-refractivity contribution in [3.05, 3.63) is 11.8 Å². The second-order valence-electron chi connectivity index (χ2n) is 4.32. The number of aromatic nitrogens is 2. The quantitative estimate of drug-likeness (QED) is 0.668. The van der Waals surface area contributed by atoms with Gasteiger partial charge in [-0.25, -0.2) is 8.42 Å². The van der Waals surface area contributed by atoms with Crippen molar-refractivity contribution >= 4 is 28.0 Å². The van der Waals surface area contributed by atoms with Crippen LogP contribution in [0, 0.1) is 0 Å². The van der Waals surface area contributed by atoms with E-state index in [2.05, 4.69) is 14.3 Å². The predicted octanol–water partition coefficient (Wildman–Crippen LogP) is -0.109. The monoisotopic (exact) mass is 340 g/mol. The topological polar surface area (TPSA) is 78.7 Å². The Hall–Kier alpha value is -0.100. The van der Waals surface area contributed by atoms with Crippen LogP contribution in [0.25, 0.3) is 0 Å². The number of aryl methyl sites for hydroxylation is 1. The number of rotatable bonds is 8. The molecular formula is C10H22N4O3P2S. The van der Waals surface area contributed by atoms with Crippen molar-refractivity contribution in [1.29, 1.82) is 0 Å². The first-order valence-corrected chi connectivity index (χ1v) is 9.79. The minimum Gasteiger partial charge on any atom is -0.395 e. The van der Waals surface area contributed by atoms with Crippen LogP contribution in [0.1, 0.15) is 5.69 Å². The normalized spacial score (nSPS) is 13.2. The van der Waals surface area contributed by atoms with Gasteiger partial charge in [-0.3, -0.25) is 9.58 Å². The summed E-state index contributed by atoms with van der Waals surface area (Å²) in [6.07, 6.45) is 0.355. The van der Waals surface area contributed by atoms with Crippen LogP contribution in [-0.2, 0) is 23.6 Å². The second kappa shape index (κ2) is 7.78. The molecule has 2 unspecified atom stereocenters. The molecule has 0 aliphatic carbocycles. The van der Waals surface area contributed by atoms with Gasteiger partial charge in [-0.15, -0.1) is 9.24 Å². The van der Waals surface area contributed by atoms with Crippen LogP contribution < -0.4 is 0 Å². The number of hydrogen-bond acceptors (Lipinski definition) is 5. The molecule has 20 heavy (non-hydrogen) atoms. The number of aliphatic hydroxyl groups is 1. The van der Waals surface area contributed by atoms with Gasteiger partial charge < -0.3 is 5.11 Å². The number of sulfonamides is 1. The Bertz CT molecular complexity index is 531. The Labute approximate surface area is 124 Å². The van der Waals surface area contributed by atoms with Crippen LogP contribution in [0.3, 0.4) is 0 Å². The van der Waals surface area contributed by atoms with Crippen molar-refractivity contribution in [2.45, 2.75) is 11.6 Å². The molecule has 0 aromatic carbocycles. The molecule has 1 rings (SSSR count). The largest absolute Gasteiger partial charge is 0.395 e. The van der Waals surface area contributed by atoms with Crippen molar-refractivity contribution in [2.75, 3.05) is 33.1 Å². The van der Waals surface area contributed by atoms with Crippen LogP contribution in [0.2, 0.25) is 0 Å². The van der Waals surface area contributed by atoms with Crippen LogP contribution in [0.4, 0.5) is 0 Å². The molecule has 0 saturated heterocycles. The average Bonchev–Trinajstić information content (AvgIpc) is 2.73. The molecule has 0 radical (unpaired) electrons. The van der Waals surface area contributed by atoms with E-state index in [0.717, 1.165) is 5.69 Å². The lowest BCUT2D eigenvalue weighted by Crippen LogP contribution is -2.22. The molecular weight excluding hydrogens is 318 g/mol. The van der Waals surface area contributed by atoms with E-state index in [1.165, 1.54) is 4.08 Å². The standard InChI is InChI=1S/C10H22N4O3P2S/c1-12(4-5-15)7-9-6-10(11-13(9)2)20(16,17)14(8-18)19-3/h6,15,19H,4-5,7-8,18H2,1-3H3. The van der Waals surface area contributed by atoms with Gasteiger partial charge in [0.25, 0.3) is 10.0 Å². The Morgan fingerprint density at radius 3 is 2.70 bits per heavy atom. The number of likely N-dealkylation sites (N-methyl/N-ethyl adjacent to an activating group) is 1. The van der Waals surface area contributed by atoms with Gasteiger partial charge in [0.2, 0.25) is 0 Å². The van der Waals surface area contributed by atoms with E-state index in [1.807, 2.05) is 18.6 Å². The summed E-state index contributed by atoms with van der Waals surface area (Å²) in [6, 6.07) is 1.59. The summed E-state index contributed by atoms with van der Waals surface area (Å²) in [6.45, 7) is 2.95. The third kappa shape index (κ3) is 4.20. The van der Waals surface area contributed by atoms with Gasteiger partial charge in [0.15, 0.2) is 5.03 Å². The summed E-state index contributed by atoms with van der Waals surface area (Å²) in [7, 11) is 2.64. The van der Waals surface area contributed by atoms with Crippen molar-refractivity contribution in [2.24, 2.45) is 7.05 Å². The van der Waals surface area contributed by atoms with E-state index in [4.69, 9.17) is 5.11 Å². The highest BCUT2D eigenvalue weighted by Gasteiger charge is 2.25. The van der Waals surface area contributed by atoms with Crippen molar-refractivity contribution in [3.8, 4) is 0 Å². The summed E-state index contributed by atoms with van der Waals surface area (Å²) in [4.78, 5) is 1.91. The SMILES string of the molecule is CPN(CP)S(=O)(=O)c1cc(CN(C)CCO)n(C)n1. The summed E-state index contributed by atoms with van der Waals surface area (Å²) in [5, 5.41) is 13.1. The smallest absolute Gasteiger partial charge is 0.265 e. The summed E-state index contributed by atoms with van der Waals surface area (Å²) < 4.78 is 27.7. The molecule has 1 aromatic heterocycles. The maximum Gasteiger partial charge on any atom is 0.265 e. The minimum absolute atomic E-state index is 0.0668. The van der Waals surface area contributed by atoms with Crippen LogP contribution in [-0.4, -0.2) is 65.4 Å². The lowest BCUT2D eigenvalue weighted by Gasteiger charge is -2.15. The first kappa shape index (κ1) is 18.0. The zero-order valence-electron chi connectivity index (χ0n) is 11.9. The van der Waals surface area contributed by atoms with Gasteiger partial charge in [-0.05, 0) is 22.4 Å². The molecule has 0 spiro atoms. The fourth-order valence-electron chi connectivity index (χ4n) is 1.70. The molecule has 1 heterocycles. The molecule has 2 atom stereocenters. The van der Waals surface area contributed by atoms with E-state index in [0.29, 0.717) is 19.4 Å². The Morgan fingerprint density at radius 1 is 1.55 bits per heavy atom. The van der Waals surface area contributed by atoms with E-state index in [-0.39, 0.29) is 20.4 Å². The number of hydrogen-bond donors (Lipinski definition) is 1. The first-order valence-electron chi connectivity index (χ1n) is 6.09. The van der Waals surface area contributed by atoms with E-state index in [9.17, 15) is 8.42 Å². The van der Waals surface area contributed by atoms with Crippen molar-refractivity contribution < 1.29 is 13.5 Å². The third-order valence-electron chi connectivity index (χ3n) is 2.84. The summed E-state index contributed by atoms with van der Waals surface area (Å²) in [5.41, 5.74) is 0.794. The Morgan fingerprint density at radius 2 is 2.20 bits per heavy atom. The van der Waals surface area contributed by atoms with Gasteiger partial charge in [0.1, 0.15) is 0 Å². The highest BCUT2D eigenvalue weighted by atomic mass is 32.2. The van der Waals surface area contributed by atoms with Gasteiger partial charge >= 0.3 is 0 Å². The number of aliphatic hydroxyl groups excluding tert-OH is 1. The molecule has 10 heteroatoms. The molecule has 0 fully saturated rings. The Balaban J connectivity index is 3.00. The third-order valence-corrected chi connectivity index (χ3v) is 7.24. The predicted molar refractivity (Wildman–Crippen MR) is 84.5 cm³/mol. The van der Waals surface area contributed by atoms with Crippen LogP contribution >= 0.6 is 18.0 Å². The van der Waals surface area contributed by atoms with Crippen molar-refractivity contribution in [1.82, 2.24) is 18.8 Å². The fraction of sp³-hybridized carbons (Fsp3) is 0.700. The Kier molecular flexibility index (Phi) is 6.98. The zero-order valence-corrected chi connectivity index (χ0v) is 14.9. The van der Waals surface area contributed by atoms with Crippen molar-refractivity contribution in [3.63, 3.8) is 0 Å². The molecule has 7 nitrogen and oxygen atoms in total. The van der Waals surface area contributed by atoms with Gasteiger partial charge in [0, 0.05) is 32.5 Å². The highest BCUT2D eigenvalue weighted by molar-refractivity contribution is 7.92. The van der Waals surface area contributed by atoms with Gasteiger partial charge in [0.05, 0.1) is 12.3 Å². The molecule has 0 aliphatic rings. The molecule has 0 saturated carbocycles. The fourth-order valence-corrected chi connectivity index (χ4v) is 5.19. The maximum atomic E-state index is 12.4. The highest BCUT2D eigenvalue weighted by Crippen LogP contribution is 2.25. The summed E-state index contributed by atoms with van der Waals surface area (Å²) in [5.74, 6) is 0. The maximum absolute atomic E-state index is 12.4. The van der Waals surface area contributed by atoms with Crippen LogP contribution in [0.5, 0.6) is 0 Å². The van der Waals surface area contributed by atoms with E-state index in [1.54, 1.807) is 17.8 Å². The molecule has 116 valence electrons. The van der Waals surface area contributed by atoms with E-state index < -0.39 is 10.0 Å². The minimum atomic E-state index is -3.53. The van der Waals surface area contributed by atoms with Crippen LogP contribution in [0.15, 0.2) is 11.1 Å². The summed E-state index contributed by atoms with van der Waals surface area (Å²) >= 11 is 0. The first-order chi connectivity index (χ1) is 9.36. The molecule has 1 N–H and O–H groups in total. The van der Waals surface area contributed by atoms with E-state index >= 15 is 0 Å². The number of nitrogens with zero attached hydrogens (tertiary/aromatic N) is 4. The molecule has 0 bridgehead atoms. The molecule has 1 aromatic rings. The zero-order chi connectivity index (χ0) is 15.3. The lowest BCUT2D eigenvalue weighted by molar-refractivity contribution is 0.214. The molecule has 0 amide bonds.